The molecule has 0 heterocycles. The van der Waals surface area contributed by atoms with Gasteiger partial charge in [-0.3, -0.25) is 0 Å². The molecule has 0 N–H and O–H groups in total. The van der Waals surface area contributed by atoms with Gasteiger partial charge in [-0.15, -0.1) is 5.73 Å². The summed E-state index contributed by atoms with van der Waals surface area (Å²) in [5.74, 6) is 0.867. The van der Waals surface area contributed by atoms with Crippen LogP contribution in [0.15, 0.2) is 36.6 Å². The molecule has 0 saturated carbocycles. The van der Waals surface area contributed by atoms with Crippen LogP contribution in [0, 0.1) is 0 Å². The van der Waals surface area contributed by atoms with E-state index in [2.05, 4.69) is 12.3 Å². The van der Waals surface area contributed by atoms with Gasteiger partial charge in [0.25, 0.3) is 0 Å². The van der Waals surface area contributed by atoms with E-state index in [1.54, 1.807) is 7.11 Å². The van der Waals surface area contributed by atoms with Crippen LogP contribution in [0.1, 0.15) is 5.56 Å². The van der Waals surface area contributed by atoms with E-state index in [1.165, 1.54) is 0 Å². The highest BCUT2D eigenvalue weighted by Gasteiger charge is 1.87. The van der Waals surface area contributed by atoms with E-state index < -0.39 is 0 Å². The van der Waals surface area contributed by atoms with E-state index in [0.29, 0.717) is 0 Å². The fourth-order valence-electron chi connectivity index (χ4n) is 0.818. The second-order valence-electron chi connectivity index (χ2n) is 2.12. The summed E-state index contributed by atoms with van der Waals surface area (Å²) in [5.41, 5.74) is 3.79. The Morgan fingerprint density at radius 3 is 2.45 bits per heavy atom. The van der Waals surface area contributed by atoms with Gasteiger partial charge >= 0.3 is 0 Å². The fraction of sp³-hybridized carbons (Fsp3) is 0.100. The third-order valence-electron chi connectivity index (χ3n) is 1.38. The van der Waals surface area contributed by atoms with Crippen LogP contribution in [0.4, 0.5) is 0 Å². The van der Waals surface area contributed by atoms with E-state index in [-0.39, 0.29) is 0 Å². The first kappa shape index (κ1) is 7.64. The Labute approximate surface area is 66.6 Å². The Hall–Kier alpha value is -1.46. The molecule has 0 amide bonds. The number of hydrogen-bond donors (Lipinski definition) is 0. The molecule has 0 radical (unpaired) electrons. The van der Waals surface area contributed by atoms with Gasteiger partial charge in [0.2, 0.25) is 0 Å². The third-order valence-corrected chi connectivity index (χ3v) is 1.38. The number of hydrogen-bond acceptors (Lipinski definition) is 1. The van der Waals surface area contributed by atoms with Crippen LogP contribution >= 0.6 is 0 Å². The lowest BCUT2D eigenvalue weighted by molar-refractivity contribution is 0.415. The average molecular weight is 146 g/mol. The van der Waals surface area contributed by atoms with Gasteiger partial charge in [0, 0.05) is 0 Å². The highest BCUT2D eigenvalue weighted by molar-refractivity contribution is 5.49. The molecule has 1 aromatic rings. The van der Waals surface area contributed by atoms with Gasteiger partial charge < -0.3 is 4.74 Å². The number of methoxy groups -OCH3 is 1. The molecule has 0 fully saturated rings. The van der Waals surface area contributed by atoms with Crippen molar-refractivity contribution in [3.05, 3.63) is 42.1 Å². The van der Waals surface area contributed by atoms with Crippen molar-refractivity contribution in [3.63, 3.8) is 0 Å². The molecule has 0 aromatic heterocycles. The molecule has 0 aliphatic heterocycles. The van der Waals surface area contributed by atoms with Gasteiger partial charge in [-0.05, 0) is 23.8 Å². The summed E-state index contributed by atoms with van der Waals surface area (Å²) >= 11 is 0. The molecule has 0 bridgehead atoms. The van der Waals surface area contributed by atoms with Crippen LogP contribution < -0.4 is 4.74 Å². The Morgan fingerprint density at radius 1 is 1.36 bits per heavy atom. The maximum Gasteiger partial charge on any atom is 0.118 e. The summed E-state index contributed by atoms with van der Waals surface area (Å²) < 4.78 is 5.00. The summed E-state index contributed by atoms with van der Waals surface area (Å²) in [6, 6.07) is 7.72. The molecule has 1 nitrogen and oxygen atoms in total. The molecular weight excluding hydrogens is 136 g/mol. The lowest BCUT2D eigenvalue weighted by atomic mass is 10.2. The van der Waals surface area contributed by atoms with Crippen molar-refractivity contribution < 1.29 is 4.74 Å². The number of benzene rings is 1. The van der Waals surface area contributed by atoms with Gasteiger partial charge in [0.05, 0.1) is 7.11 Å². The largest absolute Gasteiger partial charge is 0.497 e. The smallest absolute Gasteiger partial charge is 0.118 e. The second kappa shape index (κ2) is 3.65. The molecule has 0 aliphatic rings. The van der Waals surface area contributed by atoms with Crippen molar-refractivity contribution in [2.24, 2.45) is 0 Å². The van der Waals surface area contributed by atoms with Crippen molar-refractivity contribution in [2.45, 2.75) is 0 Å². The van der Waals surface area contributed by atoms with Gasteiger partial charge in [-0.25, -0.2) is 0 Å². The first-order valence-corrected chi connectivity index (χ1v) is 3.36. The van der Waals surface area contributed by atoms with E-state index >= 15 is 0 Å². The minimum absolute atomic E-state index is 0.867. The standard InChI is InChI=1S/C10H10O/c1-3-4-9-5-7-10(11-2)8-6-9/h4-8H,1H2,2H3. The molecule has 11 heavy (non-hydrogen) atoms. The minimum Gasteiger partial charge on any atom is -0.497 e. The lowest BCUT2D eigenvalue weighted by Gasteiger charge is -1.97. The number of ether oxygens (including phenoxy) is 1. The Kier molecular flexibility index (Phi) is 2.53. The van der Waals surface area contributed by atoms with Crippen molar-refractivity contribution in [1.82, 2.24) is 0 Å². The first-order valence-electron chi connectivity index (χ1n) is 3.36. The SMILES string of the molecule is C=C=Cc1ccc(OC)cc1. The first-order chi connectivity index (χ1) is 5.36. The molecule has 1 aromatic carbocycles. The zero-order chi connectivity index (χ0) is 8.10. The Balaban J connectivity index is 2.91. The fourth-order valence-corrected chi connectivity index (χ4v) is 0.818. The minimum atomic E-state index is 0.867. The van der Waals surface area contributed by atoms with Crippen molar-refractivity contribution in [1.29, 1.82) is 0 Å². The van der Waals surface area contributed by atoms with Gasteiger partial charge in [-0.2, -0.15) is 0 Å². The molecule has 0 saturated heterocycles. The molecule has 0 atom stereocenters. The van der Waals surface area contributed by atoms with Crippen LogP contribution in [0.25, 0.3) is 6.08 Å². The lowest BCUT2D eigenvalue weighted by Crippen LogP contribution is -1.80. The molecule has 0 unspecified atom stereocenters. The van der Waals surface area contributed by atoms with Crippen LogP contribution in [-0.2, 0) is 0 Å². The summed E-state index contributed by atoms with van der Waals surface area (Å²) in [4.78, 5) is 0. The van der Waals surface area contributed by atoms with Crippen molar-refractivity contribution in [2.75, 3.05) is 7.11 Å². The monoisotopic (exact) mass is 146 g/mol. The van der Waals surface area contributed by atoms with Crippen LogP contribution in [0.2, 0.25) is 0 Å². The predicted octanol–water partition coefficient (Wildman–Crippen LogP) is 2.49. The molecule has 1 rings (SSSR count). The summed E-state index contributed by atoms with van der Waals surface area (Å²) in [6.45, 7) is 3.49. The van der Waals surface area contributed by atoms with E-state index in [9.17, 15) is 0 Å². The molecule has 0 aliphatic carbocycles. The van der Waals surface area contributed by atoms with Crippen LogP contribution in [0.3, 0.4) is 0 Å². The zero-order valence-electron chi connectivity index (χ0n) is 6.50. The molecule has 1 heteroatoms. The van der Waals surface area contributed by atoms with Crippen LogP contribution in [-0.4, -0.2) is 7.11 Å². The highest BCUT2D eigenvalue weighted by Crippen LogP contribution is 2.11. The Morgan fingerprint density at radius 2 is 2.00 bits per heavy atom. The van der Waals surface area contributed by atoms with Crippen LogP contribution in [0.5, 0.6) is 5.75 Å². The quantitative estimate of drug-likeness (QED) is 0.582. The van der Waals surface area contributed by atoms with E-state index in [0.717, 1.165) is 11.3 Å². The molecular formula is C10H10O. The second-order valence-corrected chi connectivity index (χ2v) is 2.12. The predicted molar refractivity (Wildman–Crippen MR) is 46.6 cm³/mol. The molecule has 56 valence electrons. The van der Waals surface area contributed by atoms with Gasteiger partial charge in [0.15, 0.2) is 0 Å². The van der Waals surface area contributed by atoms with Gasteiger partial charge in [-0.1, -0.05) is 18.7 Å². The third kappa shape index (κ3) is 1.99. The van der Waals surface area contributed by atoms with E-state index in [4.69, 9.17) is 4.74 Å². The summed E-state index contributed by atoms with van der Waals surface area (Å²) in [7, 11) is 1.65. The normalized spacial score (nSPS) is 8.45. The summed E-state index contributed by atoms with van der Waals surface area (Å²) in [5, 5.41) is 0. The maximum absolute atomic E-state index is 5.00. The Bertz CT molecular complexity index is 265. The average Bonchev–Trinajstić information content (AvgIpc) is 2.07. The number of rotatable bonds is 2. The maximum atomic E-state index is 5.00. The summed E-state index contributed by atoms with van der Waals surface area (Å²) in [6.07, 6.45) is 1.82. The highest BCUT2D eigenvalue weighted by atomic mass is 16.5. The molecule has 0 spiro atoms. The van der Waals surface area contributed by atoms with Crippen molar-refractivity contribution >= 4 is 6.08 Å². The van der Waals surface area contributed by atoms with Crippen molar-refractivity contribution in [3.8, 4) is 5.75 Å². The zero-order valence-corrected chi connectivity index (χ0v) is 6.50. The topological polar surface area (TPSA) is 9.23 Å². The van der Waals surface area contributed by atoms with Gasteiger partial charge in [0.1, 0.15) is 5.75 Å². The van der Waals surface area contributed by atoms with E-state index in [1.807, 2.05) is 30.3 Å².